The Bertz CT molecular complexity index is 1650. The topological polar surface area (TPSA) is 132 Å². The minimum atomic E-state index is -4.13. The van der Waals surface area contributed by atoms with Crippen molar-refractivity contribution >= 4 is 49.2 Å². The summed E-state index contributed by atoms with van der Waals surface area (Å²) in [6.07, 6.45) is -1.04. The molecule has 0 aliphatic carbocycles. The number of aliphatic hydroxyl groups excluding tert-OH is 1. The van der Waals surface area contributed by atoms with E-state index in [1.165, 1.54) is 28.8 Å². The molecule has 14 heteroatoms. The molecule has 0 bridgehead atoms. The summed E-state index contributed by atoms with van der Waals surface area (Å²) in [6, 6.07) is 12.2. The lowest BCUT2D eigenvalue weighted by molar-refractivity contribution is -0.128. The lowest BCUT2D eigenvalue weighted by atomic mass is 9.97. The Kier molecular flexibility index (Phi) is 13.0. The maximum Gasteiger partial charge on any atom is 0.321 e. The third kappa shape index (κ3) is 9.35. The molecule has 0 unspecified atom stereocenters. The first-order chi connectivity index (χ1) is 22.7. The van der Waals surface area contributed by atoms with Gasteiger partial charge in [0.1, 0.15) is 16.7 Å². The summed E-state index contributed by atoms with van der Waals surface area (Å²) >= 11 is 4.89. The molecule has 1 saturated heterocycles. The third-order valence-electron chi connectivity index (χ3n) is 8.18. The number of thiazole rings is 1. The van der Waals surface area contributed by atoms with Crippen molar-refractivity contribution in [3.63, 3.8) is 0 Å². The highest BCUT2D eigenvalue weighted by Crippen LogP contribution is 2.31. The molecule has 1 aliphatic rings. The number of benzene rings is 2. The Morgan fingerprint density at radius 3 is 2.44 bits per heavy atom. The molecule has 2 heterocycles. The highest BCUT2D eigenvalue weighted by atomic mass is 79.9. The van der Waals surface area contributed by atoms with Crippen molar-refractivity contribution in [3.05, 3.63) is 74.6 Å². The van der Waals surface area contributed by atoms with Gasteiger partial charge >= 0.3 is 6.03 Å². The van der Waals surface area contributed by atoms with Crippen LogP contribution in [0.2, 0.25) is 0 Å². The second-order valence-electron chi connectivity index (χ2n) is 12.8. The number of aromatic nitrogens is 1. The van der Waals surface area contributed by atoms with Crippen LogP contribution in [0, 0.1) is 18.8 Å². The molecule has 3 amide bonds. The Labute approximate surface area is 296 Å². The maximum atomic E-state index is 14.1. The number of hydrogen-bond donors (Lipinski definition) is 2. The van der Waals surface area contributed by atoms with E-state index in [1.807, 2.05) is 70.3 Å². The molecule has 0 radical (unpaired) electrons. The number of nitrogens with zero attached hydrogens (tertiary/aromatic N) is 4. The number of rotatable bonds is 16. The van der Waals surface area contributed by atoms with Gasteiger partial charge in [0.2, 0.25) is 15.9 Å². The lowest BCUT2D eigenvalue weighted by Gasteiger charge is -2.34. The Morgan fingerprint density at radius 1 is 1.12 bits per heavy atom. The molecule has 0 saturated carbocycles. The molecule has 2 N–H and O–H groups in total. The predicted octanol–water partition coefficient (Wildman–Crippen LogP) is 4.92. The molecule has 4 rings (SSSR count). The van der Waals surface area contributed by atoms with Crippen molar-refractivity contribution in [1.82, 2.24) is 24.4 Å². The van der Waals surface area contributed by atoms with Gasteiger partial charge in [0.15, 0.2) is 0 Å². The number of carbonyl (C=O) groups excluding carboxylic acids is 2. The fraction of sp³-hybridized carbons (Fsp3) is 0.500. The van der Waals surface area contributed by atoms with Crippen LogP contribution in [0.3, 0.4) is 0 Å². The summed E-state index contributed by atoms with van der Waals surface area (Å²) < 4.78 is 35.4. The van der Waals surface area contributed by atoms with Crippen LogP contribution in [0.5, 0.6) is 5.75 Å². The highest BCUT2D eigenvalue weighted by molar-refractivity contribution is 9.10. The van der Waals surface area contributed by atoms with Gasteiger partial charge in [-0.05, 0) is 48.9 Å². The molecule has 1 aliphatic heterocycles. The smallest absolute Gasteiger partial charge is 0.321 e. The predicted molar refractivity (Wildman–Crippen MR) is 190 cm³/mol. The number of carbonyl (C=O) groups is 2. The van der Waals surface area contributed by atoms with Gasteiger partial charge in [0.25, 0.3) is 0 Å². The van der Waals surface area contributed by atoms with Gasteiger partial charge in [0.05, 0.1) is 36.5 Å². The largest absolute Gasteiger partial charge is 0.495 e. The summed E-state index contributed by atoms with van der Waals surface area (Å²) in [5, 5.41) is 17.7. The van der Waals surface area contributed by atoms with Crippen LogP contribution in [0.4, 0.5) is 4.79 Å². The summed E-state index contributed by atoms with van der Waals surface area (Å²) in [6.45, 7) is 10.5. The van der Waals surface area contributed by atoms with Gasteiger partial charge in [-0.15, -0.1) is 11.3 Å². The van der Waals surface area contributed by atoms with Crippen LogP contribution < -0.4 is 10.1 Å². The number of halogens is 1. The van der Waals surface area contributed by atoms with Crippen molar-refractivity contribution in [2.45, 2.75) is 70.7 Å². The number of amides is 3. The van der Waals surface area contributed by atoms with Crippen molar-refractivity contribution in [3.8, 4) is 5.75 Å². The van der Waals surface area contributed by atoms with E-state index >= 15 is 0 Å². The molecule has 0 spiro atoms. The number of methoxy groups -OCH3 is 1. The van der Waals surface area contributed by atoms with E-state index in [4.69, 9.17) is 4.74 Å². The summed E-state index contributed by atoms with van der Waals surface area (Å²) in [5.41, 5.74) is 1.67. The molecule has 48 heavy (non-hydrogen) atoms. The van der Waals surface area contributed by atoms with Crippen molar-refractivity contribution in [1.29, 1.82) is 0 Å². The van der Waals surface area contributed by atoms with Crippen LogP contribution in [-0.2, 0) is 27.8 Å². The zero-order valence-electron chi connectivity index (χ0n) is 28.3. The van der Waals surface area contributed by atoms with E-state index < -0.39 is 34.1 Å². The number of aliphatic hydroxyl groups is 1. The Hall–Kier alpha value is -3.04. The van der Waals surface area contributed by atoms with E-state index in [9.17, 15) is 23.1 Å². The number of sulfonamides is 1. The van der Waals surface area contributed by atoms with Crippen LogP contribution in [0.25, 0.3) is 0 Å². The minimum absolute atomic E-state index is 0.0272. The van der Waals surface area contributed by atoms with Gasteiger partial charge in [0, 0.05) is 36.0 Å². The molecule has 3 atom stereocenters. The van der Waals surface area contributed by atoms with Crippen LogP contribution in [0.1, 0.15) is 44.0 Å². The number of urea groups is 1. The van der Waals surface area contributed by atoms with E-state index in [2.05, 4.69) is 26.2 Å². The quantitative estimate of drug-likeness (QED) is 0.212. The average Bonchev–Trinajstić information content (AvgIpc) is 3.60. The zero-order valence-corrected chi connectivity index (χ0v) is 31.5. The van der Waals surface area contributed by atoms with Crippen molar-refractivity contribution < 1.29 is 27.9 Å². The summed E-state index contributed by atoms with van der Waals surface area (Å²) in [5.74, 6) is -0.511. The third-order valence-corrected chi connectivity index (χ3v) is 11.3. The van der Waals surface area contributed by atoms with Gasteiger partial charge < -0.3 is 25.0 Å². The molecule has 1 fully saturated rings. The standard InChI is InChI=1S/C34H46BrN5O6S2/c1-22(2)18-39(48(44,45)31-17-26(35)12-13-30(31)46-6)20-29(41)28(16-25-10-8-7-9-11-25)37-33(42)32(23(3)4)40-15-14-38(34(40)43)19-27-21-47-24(5)36-27/h7-13,17,21-23,28-29,32,41H,14-16,18-20H2,1-6H3,(H,37,42)/t28-,29+,32-/m0/s1. The molecule has 11 nitrogen and oxygen atoms in total. The average molecular weight is 765 g/mol. The van der Waals surface area contributed by atoms with E-state index in [-0.39, 0.29) is 48.0 Å². The van der Waals surface area contributed by atoms with Crippen molar-refractivity contribution in [2.24, 2.45) is 11.8 Å². The molecule has 262 valence electrons. The monoisotopic (exact) mass is 763 g/mol. The number of nitrogens with one attached hydrogen (secondary N) is 1. The SMILES string of the molecule is COc1ccc(Br)cc1S(=O)(=O)N(CC(C)C)C[C@@H](O)[C@H](Cc1ccccc1)NC(=O)[C@H](C(C)C)N1CCN(Cc2csc(C)n2)C1=O. The summed E-state index contributed by atoms with van der Waals surface area (Å²) in [4.78, 5) is 35.4. The van der Waals surface area contributed by atoms with E-state index in [0.717, 1.165) is 16.3 Å². The summed E-state index contributed by atoms with van der Waals surface area (Å²) in [7, 11) is -2.72. The van der Waals surface area contributed by atoms with Crippen LogP contribution >= 0.6 is 27.3 Å². The van der Waals surface area contributed by atoms with Gasteiger partial charge in [-0.1, -0.05) is 74.0 Å². The number of hydrogen-bond acceptors (Lipinski definition) is 8. The van der Waals surface area contributed by atoms with Gasteiger partial charge in [-0.3, -0.25) is 4.79 Å². The second kappa shape index (κ2) is 16.6. The molecular weight excluding hydrogens is 718 g/mol. The number of ether oxygens (including phenoxy) is 1. The molecule has 1 aromatic heterocycles. The minimum Gasteiger partial charge on any atom is -0.495 e. The molecule has 2 aromatic carbocycles. The van der Waals surface area contributed by atoms with E-state index in [0.29, 0.717) is 24.1 Å². The van der Waals surface area contributed by atoms with Crippen LogP contribution in [-0.4, -0.2) is 96.0 Å². The first-order valence-electron chi connectivity index (χ1n) is 16.0. The first-order valence-corrected chi connectivity index (χ1v) is 19.1. The maximum absolute atomic E-state index is 14.1. The number of aryl methyl sites for hydroxylation is 1. The van der Waals surface area contributed by atoms with Crippen LogP contribution in [0.15, 0.2) is 63.3 Å². The Morgan fingerprint density at radius 2 is 1.83 bits per heavy atom. The van der Waals surface area contributed by atoms with Crippen molar-refractivity contribution in [2.75, 3.05) is 33.3 Å². The lowest BCUT2D eigenvalue weighted by Crippen LogP contribution is -2.57. The normalized spacial score (nSPS) is 15.8. The van der Waals surface area contributed by atoms with Gasteiger partial charge in [-0.25, -0.2) is 18.2 Å². The fourth-order valence-electron chi connectivity index (χ4n) is 5.91. The molecular formula is C34H46BrN5O6S2. The molecule has 3 aromatic rings. The first kappa shape index (κ1) is 37.8. The zero-order chi connectivity index (χ0) is 35.2. The highest BCUT2D eigenvalue weighted by Gasteiger charge is 2.41. The van der Waals surface area contributed by atoms with Gasteiger partial charge in [-0.2, -0.15) is 4.31 Å². The fourth-order valence-corrected chi connectivity index (χ4v) is 8.83. The Balaban J connectivity index is 1.60. The van der Waals surface area contributed by atoms with E-state index in [1.54, 1.807) is 21.9 Å². The second-order valence-corrected chi connectivity index (χ2v) is 16.7.